The molecular weight excluding hydrogens is 196 g/mol. The van der Waals surface area contributed by atoms with Crippen LogP contribution in [0, 0.1) is 0 Å². The van der Waals surface area contributed by atoms with E-state index in [1.807, 2.05) is 0 Å². The van der Waals surface area contributed by atoms with Crippen LogP contribution in [0.3, 0.4) is 0 Å². The van der Waals surface area contributed by atoms with E-state index in [-0.39, 0.29) is 0 Å². The number of aliphatic hydroxyl groups excluding tert-OH is 4. The van der Waals surface area contributed by atoms with E-state index in [0.29, 0.717) is 0 Å². The number of hydrogen-bond acceptors (Lipinski definition) is 7. The number of ketones is 1. The molecular formula is C7H6O7. The Balaban J connectivity index is 4.80. The molecule has 0 spiro atoms. The molecule has 0 aromatic carbocycles. The first-order valence-electron chi connectivity index (χ1n) is 3.24. The number of carbonyl (C=O) groups excluding carboxylic acids is 3. The summed E-state index contributed by atoms with van der Waals surface area (Å²) in [4.78, 5) is 30.2. The van der Waals surface area contributed by atoms with Gasteiger partial charge in [0.15, 0.2) is 24.1 Å². The van der Waals surface area contributed by atoms with E-state index in [2.05, 4.69) is 0 Å². The number of hydrogen-bond donors (Lipinski definition) is 4. The fourth-order valence-corrected chi connectivity index (χ4v) is 0.544. The quantitative estimate of drug-likeness (QED) is 0.231. The second-order valence-corrected chi connectivity index (χ2v) is 2.19. The highest BCUT2D eigenvalue weighted by molar-refractivity contribution is 6.03. The van der Waals surface area contributed by atoms with E-state index < -0.39 is 29.5 Å². The zero-order chi connectivity index (χ0) is 11.3. The summed E-state index contributed by atoms with van der Waals surface area (Å²) in [5, 5.41) is 34.7. The predicted octanol–water partition coefficient (Wildman–Crippen LogP) is -2.18. The Kier molecular flexibility index (Phi) is 4.28. The van der Waals surface area contributed by atoms with Gasteiger partial charge in [0.05, 0.1) is 0 Å². The Hall–Kier alpha value is -1.91. The van der Waals surface area contributed by atoms with E-state index in [4.69, 9.17) is 20.4 Å². The van der Waals surface area contributed by atoms with E-state index in [9.17, 15) is 14.4 Å². The van der Waals surface area contributed by atoms with Gasteiger partial charge in [-0.3, -0.25) is 4.79 Å². The first kappa shape index (κ1) is 12.1. The Morgan fingerprint density at radius 1 is 1.00 bits per heavy atom. The summed E-state index contributed by atoms with van der Waals surface area (Å²) in [6.45, 7) is 0. The molecule has 0 saturated carbocycles. The summed E-state index contributed by atoms with van der Waals surface area (Å²) in [6.07, 6.45) is -4.56. The summed E-state index contributed by atoms with van der Waals surface area (Å²) in [6, 6.07) is 0. The van der Waals surface area contributed by atoms with Crippen molar-refractivity contribution in [3.63, 3.8) is 0 Å². The highest BCUT2D eigenvalue weighted by atomic mass is 16.4. The van der Waals surface area contributed by atoms with Crippen molar-refractivity contribution in [3.8, 4) is 0 Å². The summed E-state index contributed by atoms with van der Waals surface area (Å²) in [5.41, 5.74) is 0. The highest BCUT2D eigenvalue weighted by Crippen LogP contribution is 2.04. The molecule has 76 valence electrons. The van der Waals surface area contributed by atoms with Gasteiger partial charge in [0.25, 0.3) is 0 Å². The molecule has 0 aliphatic carbocycles. The number of rotatable bonds is 4. The molecule has 4 N–H and O–H groups in total. The van der Waals surface area contributed by atoms with Gasteiger partial charge < -0.3 is 20.4 Å². The van der Waals surface area contributed by atoms with Crippen molar-refractivity contribution < 1.29 is 34.8 Å². The van der Waals surface area contributed by atoms with Crippen molar-refractivity contribution in [1.29, 1.82) is 0 Å². The van der Waals surface area contributed by atoms with Crippen molar-refractivity contribution in [2.45, 2.75) is 12.2 Å². The monoisotopic (exact) mass is 202 g/mol. The molecule has 7 heteroatoms. The third kappa shape index (κ3) is 2.55. The molecule has 0 unspecified atom stereocenters. The number of Topliss-reactive ketones (excluding diaryl/α,β-unsaturated/α-hetero) is 1. The van der Waals surface area contributed by atoms with Crippen LogP contribution in [0.2, 0.25) is 0 Å². The topological polar surface area (TPSA) is 132 Å². The minimum absolute atomic E-state index is 0.770. The lowest BCUT2D eigenvalue weighted by Crippen LogP contribution is -2.36. The largest absolute Gasteiger partial charge is 0.500 e. The first-order valence-corrected chi connectivity index (χ1v) is 3.24. The summed E-state index contributed by atoms with van der Waals surface area (Å²) < 4.78 is 0. The van der Waals surface area contributed by atoms with Gasteiger partial charge in [-0.1, -0.05) is 0 Å². The normalized spacial score (nSPS) is 13.3. The van der Waals surface area contributed by atoms with Gasteiger partial charge in [0, 0.05) is 0 Å². The zero-order valence-electron chi connectivity index (χ0n) is 6.67. The average Bonchev–Trinajstić information content (AvgIpc) is 2.23. The molecule has 0 aliphatic rings. The van der Waals surface area contributed by atoms with Crippen LogP contribution in [0.1, 0.15) is 0 Å². The third-order valence-corrected chi connectivity index (χ3v) is 1.28. The fraction of sp³-hybridized carbons (Fsp3) is 0.286. The number of aliphatic hydroxyl groups is 4. The molecule has 0 saturated heterocycles. The summed E-state index contributed by atoms with van der Waals surface area (Å²) >= 11 is 0. The van der Waals surface area contributed by atoms with Gasteiger partial charge in [-0.2, -0.15) is 0 Å². The van der Waals surface area contributed by atoms with E-state index in [1.165, 1.54) is 0 Å². The summed E-state index contributed by atoms with van der Waals surface area (Å²) in [7, 11) is 0. The van der Waals surface area contributed by atoms with Crippen LogP contribution < -0.4 is 0 Å². The van der Waals surface area contributed by atoms with E-state index in [0.717, 1.165) is 11.9 Å². The van der Waals surface area contributed by atoms with Crippen molar-refractivity contribution in [3.05, 3.63) is 11.5 Å². The van der Waals surface area contributed by atoms with Crippen LogP contribution >= 0.6 is 0 Å². The molecule has 0 aromatic rings. The van der Waals surface area contributed by atoms with Gasteiger partial charge in [0.2, 0.25) is 17.3 Å². The second kappa shape index (κ2) is 4.96. The van der Waals surface area contributed by atoms with Crippen LogP contribution in [-0.2, 0) is 14.4 Å². The van der Waals surface area contributed by atoms with Gasteiger partial charge in [-0.05, 0) is 0 Å². The smallest absolute Gasteiger partial charge is 0.248 e. The predicted molar refractivity (Wildman–Crippen MR) is 40.7 cm³/mol. The molecule has 0 bridgehead atoms. The molecule has 0 amide bonds. The van der Waals surface area contributed by atoms with Gasteiger partial charge in [-0.25, -0.2) is 9.59 Å². The Labute approximate surface area is 77.2 Å². The van der Waals surface area contributed by atoms with Crippen LogP contribution in [0.25, 0.3) is 0 Å². The lowest BCUT2D eigenvalue weighted by Gasteiger charge is -2.12. The average molecular weight is 202 g/mol. The Morgan fingerprint density at radius 3 is 1.86 bits per heavy atom. The van der Waals surface area contributed by atoms with Crippen molar-refractivity contribution in [2.24, 2.45) is 0 Å². The SMILES string of the molecule is O=C=C(O)C(=O)[C@H](O)[C@@H](O)C(O)=C=O. The molecule has 7 nitrogen and oxygen atoms in total. The standard InChI is InChI=1S/C7H6O7/c8-1-3(10)5(12)7(14)6(13)4(11)2-9/h5,7,10-12,14H/t5-,7+/m0/s1. The van der Waals surface area contributed by atoms with Crippen LogP contribution in [0.5, 0.6) is 0 Å². The van der Waals surface area contributed by atoms with Crippen LogP contribution in [-0.4, -0.2) is 50.3 Å². The Morgan fingerprint density at radius 2 is 1.50 bits per heavy atom. The lowest BCUT2D eigenvalue weighted by atomic mass is 10.1. The maximum Gasteiger partial charge on any atom is 0.248 e. The molecule has 0 fully saturated rings. The summed E-state index contributed by atoms with van der Waals surface area (Å²) in [5.74, 6) is -2.73. The minimum Gasteiger partial charge on any atom is -0.500 e. The molecule has 0 heterocycles. The van der Waals surface area contributed by atoms with Crippen LogP contribution in [0.4, 0.5) is 0 Å². The van der Waals surface area contributed by atoms with Crippen LogP contribution in [0.15, 0.2) is 11.5 Å². The van der Waals surface area contributed by atoms with Gasteiger partial charge in [0.1, 0.15) is 0 Å². The van der Waals surface area contributed by atoms with Gasteiger partial charge in [-0.15, -0.1) is 0 Å². The third-order valence-electron chi connectivity index (χ3n) is 1.28. The Bertz CT molecular complexity index is 332. The van der Waals surface area contributed by atoms with Crippen molar-refractivity contribution in [2.75, 3.05) is 0 Å². The highest BCUT2D eigenvalue weighted by Gasteiger charge is 2.31. The van der Waals surface area contributed by atoms with E-state index in [1.54, 1.807) is 0 Å². The zero-order valence-corrected chi connectivity index (χ0v) is 6.67. The van der Waals surface area contributed by atoms with Crippen molar-refractivity contribution in [1.82, 2.24) is 0 Å². The molecule has 0 radical (unpaired) electrons. The maximum absolute atomic E-state index is 10.7. The number of carbonyl (C=O) groups is 1. The molecule has 0 rings (SSSR count). The molecule has 0 aromatic heterocycles. The minimum atomic E-state index is -2.32. The van der Waals surface area contributed by atoms with Gasteiger partial charge >= 0.3 is 0 Å². The molecule has 2 atom stereocenters. The lowest BCUT2D eigenvalue weighted by molar-refractivity contribution is -0.130. The van der Waals surface area contributed by atoms with E-state index >= 15 is 0 Å². The van der Waals surface area contributed by atoms with Crippen molar-refractivity contribution >= 4 is 17.7 Å². The molecule has 0 aliphatic heterocycles. The maximum atomic E-state index is 10.7. The first-order chi connectivity index (χ1) is 6.45. The molecule has 14 heavy (non-hydrogen) atoms. The second-order valence-electron chi connectivity index (χ2n) is 2.19. The fourth-order valence-electron chi connectivity index (χ4n) is 0.544.